The van der Waals surface area contributed by atoms with Crippen LogP contribution in [0.15, 0.2) is 0 Å². The van der Waals surface area contributed by atoms with Crippen molar-refractivity contribution >= 4 is 11.8 Å². The van der Waals surface area contributed by atoms with Crippen LogP contribution in [0.5, 0.6) is 0 Å². The molecule has 0 aliphatic rings. The Morgan fingerprint density at radius 2 is 1.82 bits per heavy atom. The molecule has 0 aromatic rings. The van der Waals surface area contributed by atoms with E-state index < -0.39 is 24.0 Å². The molecule has 2 atom stereocenters. The molecule has 6 nitrogen and oxygen atoms in total. The highest BCUT2D eigenvalue weighted by molar-refractivity contribution is 5.89. The molecule has 0 spiro atoms. The summed E-state index contributed by atoms with van der Waals surface area (Å²) in [5.41, 5.74) is 9.43. The number of carbonyl (C=O) groups excluding carboxylic acids is 2. The summed E-state index contributed by atoms with van der Waals surface area (Å²) in [6.07, 6.45) is -3.05. The van der Waals surface area contributed by atoms with Crippen LogP contribution in [0.1, 0.15) is 0 Å². The Morgan fingerprint density at radius 3 is 1.91 bits per heavy atom. The van der Waals surface area contributed by atoms with Crippen LogP contribution in [0.25, 0.3) is 0 Å². The lowest BCUT2D eigenvalue weighted by atomic mass is 10.2. The molecule has 6 heteroatoms. The Kier molecular flexibility index (Phi) is 3.49. The lowest BCUT2D eigenvalue weighted by molar-refractivity contribution is -0.144. The van der Waals surface area contributed by atoms with Gasteiger partial charge < -0.3 is 21.3 Å². The number of hydrogen-bond acceptors (Lipinski definition) is 4. The third-order valence-corrected chi connectivity index (χ3v) is 1.11. The molecule has 0 aromatic heterocycles. The van der Waals surface area contributed by atoms with Crippen molar-refractivity contribution in [3.8, 4) is 0 Å². The van der Waals surface area contributed by atoms with Crippen molar-refractivity contribution in [2.75, 3.05) is 7.11 Å². The molecule has 0 rings (SSSR count). The lowest BCUT2D eigenvalue weighted by Crippen LogP contribution is -2.47. The molecule has 0 bridgehead atoms. The molecule has 5 N–H and O–H groups in total. The van der Waals surface area contributed by atoms with E-state index in [1.165, 1.54) is 0 Å². The summed E-state index contributed by atoms with van der Waals surface area (Å²) in [4.78, 5) is 20.7. The Bertz CT molecular complexity index is 170. The van der Waals surface area contributed by atoms with Gasteiger partial charge in [0.05, 0.1) is 0 Å². The van der Waals surface area contributed by atoms with E-state index in [2.05, 4.69) is 10.5 Å². The van der Waals surface area contributed by atoms with Gasteiger partial charge in [0.15, 0.2) is 12.2 Å². The van der Waals surface area contributed by atoms with E-state index in [-0.39, 0.29) is 0 Å². The van der Waals surface area contributed by atoms with Crippen LogP contribution in [0.4, 0.5) is 0 Å². The van der Waals surface area contributed by atoms with Gasteiger partial charge in [0.1, 0.15) is 0 Å². The fourth-order valence-corrected chi connectivity index (χ4v) is 0.550. The molecule has 0 saturated heterocycles. The quantitative estimate of drug-likeness (QED) is 0.418. The molecule has 0 saturated carbocycles. The second-order valence-corrected chi connectivity index (χ2v) is 1.91. The maximum absolute atomic E-state index is 10.4. The third-order valence-electron chi connectivity index (χ3n) is 1.11. The number of rotatable bonds is 4. The second-order valence-electron chi connectivity index (χ2n) is 1.91. The fraction of sp³-hybridized carbons (Fsp3) is 0.600. The number of methoxy groups -OCH3 is 1. The van der Waals surface area contributed by atoms with Gasteiger partial charge >= 0.3 is 0 Å². The molecule has 0 aromatic carbocycles. The van der Waals surface area contributed by atoms with Gasteiger partial charge in [-0.05, 0) is 0 Å². The number of aliphatic hydroxyl groups is 1. The van der Waals surface area contributed by atoms with Crippen LogP contribution in [0, 0.1) is 0 Å². The van der Waals surface area contributed by atoms with Gasteiger partial charge in [-0.15, -0.1) is 0 Å². The van der Waals surface area contributed by atoms with Crippen molar-refractivity contribution in [1.29, 1.82) is 0 Å². The Hall–Kier alpha value is -1.14. The zero-order valence-corrected chi connectivity index (χ0v) is 5.98. The second kappa shape index (κ2) is 3.89. The maximum atomic E-state index is 10.4. The predicted molar refractivity (Wildman–Crippen MR) is 35.2 cm³/mol. The van der Waals surface area contributed by atoms with Gasteiger partial charge in [0, 0.05) is 7.11 Å². The summed E-state index contributed by atoms with van der Waals surface area (Å²) < 4.78 is 4.41. The van der Waals surface area contributed by atoms with Crippen molar-refractivity contribution in [3.05, 3.63) is 0 Å². The lowest BCUT2D eigenvalue weighted by Gasteiger charge is -2.14. The minimum atomic E-state index is -1.68. The van der Waals surface area contributed by atoms with E-state index >= 15 is 0 Å². The molecule has 2 amide bonds. The molecule has 0 aliphatic carbocycles. The van der Waals surface area contributed by atoms with Gasteiger partial charge in [-0.3, -0.25) is 9.59 Å². The van der Waals surface area contributed by atoms with Crippen LogP contribution in [-0.4, -0.2) is 36.2 Å². The van der Waals surface area contributed by atoms with Gasteiger partial charge in [0.2, 0.25) is 11.8 Å². The number of hydrogen-bond donors (Lipinski definition) is 3. The number of carbonyl (C=O) groups is 2. The Balaban J connectivity index is 4.25. The molecule has 0 heterocycles. The van der Waals surface area contributed by atoms with Crippen LogP contribution in [-0.2, 0) is 14.3 Å². The molecular weight excluding hydrogens is 152 g/mol. The summed E-state index contributed by atoms with van der Waals surface area (Å²) in [6.45, 7) is 0. The maximum Gasteiger partial charge on any atom is 0.249 e. The summed E-state index contributed by atoms with van der Waals surface area (Å²) in [5, 5.41) is 8.86. The molecule has 0 fully saturated rings. The van der Waals surface area contributed by atoms with Crippen molar-refractivity contribution in [2.45, 2.75) is 12.2 Å². The fourth-order valence-electron chi connectivity index (χ4n) is 0.550. The summed E-state index contributed by atoms with van der Waals surface area (Å²) in [5.74, 6) is -1.98. The van der Waals surface area contributed by atoms with Gasteiger partial charge in [-0.1, -0.05) is 0 Å². The summed E-state index contributed by atoms with van der Waals surface area (Å²) in [6, 6.07) is 0. The highest BCUT2D eigenvalue weighted by Crippen LogP contribution is 1.95. The van der Waals surface area contributed by atoms with Crippen molar-refractivity contribution in [2.24, 2.45) is 11.5 Å². The molecule has 0 unspecified atom stereocenters. The van der Waals surface area contributed by atoms with Crippen LogP contribution >= 0.6 is 0 Å². The highest BCUT2D eigenvalue weighted by Gasteiger charge is 2.28. The van der Waals surface area contributed by atoms with E-state index in [1.54, 1.807) is 0 Å². The van der Waals surface area contributed by atoms with E-state index in [0.29, 0.717) is 0 Å². The van der Waals surface area contributed by atoms with Crippen LogP contribution in [0.3, 0.4) is 0 Å². The smallest absolute Gasteiger partial charge is 0.249 e. The molecule has 0 aliphatic heterocycles. The Labute approximate surface area is 63.1 Å². The molecule has 64 valence electrons. The van der Waals surface area contributed by atoms with E-state index in [9.17, 15) is 9.59 Å². The van der Waals surface area contributed by atoms with E-state index in [1.807, 2.05) is 0 Å². The van der Waals surface area contributed by atoms with Gasteiger partial charge in [-0.25, -0.2) is 0 Å². The Morgan fingerprint density at radius 1 is 1.36 bits per heavy atom. The SMILES string of the molecule is CO[C@H](C(N)=O)[C@H](O)C(N)=O. The van der Waals surface area contributed by atoms with E-state index in [4.69, 9.17) is 10.8 Å². The first-order valence-corrected chi connectivity index (χ1v) is 2.80. The number of primary amides is 2. The van der Waals surface area contributed by atoms with Gasteiger partial charge in [0.25, 0.3) is 0 Å². The molecular formula is C5H10N2O4. The van der Waals surface area contributed by atoms with Crippen molar-refractivity contribution in [3.63, 3.8) is 0 Å². The first-order chi connectivity index (χ1) is 5.00. The summed E-state index contributed by atoms with van der Waals surface area (Å²) in [7, 11) is 1.14. The summed E-state index contributed by atoms with van der Waals surface area (Å²) >= 11 is 0. The topological polar surface area (TPSA) is 116 Å². The average molecular weight is 162 g/mol. The number of nitrogens with two attached hydrogens (primary N) is 2. The minimum Gasteiger partial charge on any atom is -0.380 e. The van der Waals surface area contributed by atoms with Crippen molar-refractivity contribution in [1.82, 2.24) is 0 Å². The largest absolute Gasteiger partial charge is 0.380 e. The number of aliphatic hydroxyl groups excluding tert-OH is 1. The van der Waals surface area contributed by atoms with Crippen molar-refractivity contribution < 1.29 is 19.4 Å². The zero-order chi connectivity index (χ0) is 9.02. The number of ether oxygens (including phenoxy) is 1. The van der Waals surface area contributed by atoms with Gasteiger partial charge in [-0.2, -0.15) is 0 Å². The highest BCUT2D eigenvalue weighted by atomic mass is 16.5. The zero-order valence-electron chi connectivity index (χ0n) is 5.98. The molecule has 0 radical (unpaired) electrons. The average Bonchev–Trinajstić information content (AvgIpc) is 1.88. The van der Waals surface area contributed by atoms with E-state index in [0.717, 1.165) is 7.11 Å². The minimum absolute atomic E-state index is 0.932. The monoisotopic (exact) mass is 162 g/mol. The first-order valence-electron chi connectivity index (χ1n) is 2.80. The molecule has 11 heavy (non-hydrogen) atoms. The predicted octanol–water partition coefficient (Wildman–Crippen LogP) is -2.67. The normalized spacial score (nSPS) is 15.5. The number of amides is 2. The van der Waals surface area contributed by atoms with Crippen LogP contribution < -0.4 is 11.5 Å². The third kappa shape index (κ3) is 2.52. The van der Waals surface area contributed by atoms with Crippen LogP contribution in [0.2, 0.25) is 0 Å². The standard InChI is InChI=1S/C5H10N2O4/c1-11-3(5(7)10)2(8)4(6)9/h2-3,8H,1H3,(H2,6,9)(H2,7,10)/t2-,3-/m0/s1. The first kappa shape index (κ1) is 9.86.